The Hall–Kier alpha value is -2.34. The highest BCUT2D eigenvalue weighted by Crippen LogP contribution is 2.24. The Labute approximate surface area is 126 Å². The van der Waals surface area contributed by atoms with E-state index in [0.717, 1.165) is 17.1 Å². The van der Waals surface area contributed by atoms with Gasteiger partial charge in [0, 0.05) is 10.6 Å². The molecule has 7 heteroatoms. The average molecular weight is 304 g/mol. The molecular weight excluding hydrogens is 290 g/mol. The van der Waals surface area contributed by atoms with Crippen LogP contribution in [-0.2, 0) is 13.1 Å². The van der Waals surface area contributed by atoms with Crippen LogP contribution in [0.3, 0.4) is 0 Å². The van der Waals surface area contributed by atoms with E-state index in [1.807, 2.05) is 43.3 Å². The van der Waals surface area contributed by atoms with Crippen molar-refractivity contribution in [2.24, 2.45) is 0 Å². The normalized spacial score (nSPS) is 10.8. The van der Waals surface area contributed by atoms with Crippen molar-refractivity contribution in [3.05, 3.63) is 47.2 Å². The highest BCUT2D eigenvalue weighted by Gasteiger charge is 2.06. The first-order valence-electron chi connectivity index (χ1n) is 6.61. The van der Waals surface area contributed by atoms with Crippen molar-refractivity contribution in [1.29, 1.82) is 0 Å². The standard InChI is InChI=1S/C14H14ClN5O/c1-2-20-18-14(17-19-20)16-9-12-7-8-13(21-12)10-3-5-11(15)6-4-10/h3-8H,2,9H2,1H3,(H,16,18). The van der Waals surface area contributed by atoms with Crippen LogP contribution in [0.2, 0.25) is 5.02 Å². The lowest BCUT2D eigenvalue weighted by molar-refractivity contribution is 0.530. The molecule has 0 spiro atoms. The van der Waals surface area contributed by atoms with Gasteiger partial charge in [0.25, 0.3) is 5.95 Å². The molecule has 0 aliphatic rings. The second kappa shape index (κ2) is 5.97. The molecule has 0 atom stereocenters. The lowest BCUT2D eigenvalue weighted by atomic mass is 10.2. The van der Waals surface area contributed by atoms with Gasteiger partial charge in [0.05, 0.1) is 13.1 Å². The molecule has 2 heterocycles. The number of anilines is 1. The van der Waals surface area contributed by atoms with E-state index in [0.29, 0.717) is 24.1 Å². The molecule has 0 unspecified atom stereocenters. The quantitative estimate of drug-likeness (QED) is 0.783. The summed E-state index contributed by atoms with van der Waals surface area (Å²) in [5.74, 6) is 2.09. The number of rotatable bonds is 5. The Morgan fingerprint density at radius 3 is 2.71 bits per heavy atom. The minimum atomic E-state index is 0.487. The zero-order valence-corrected chi connectivity index (χ0v) is 12.2. The lowest BCUT2D eigenvalue weighted by Crippen LogP contribution is -2.02. The first kappa shape index (κ1) is 13.6. The second-order valence-corrected chi connectivity index (χ2v) is 4.86. The summed E-state index contributed by atoms with van der Waals surface area (Å²) in [7, 11) is 0. The summed E-state index contributed by atoms with van der Waals surface area (Å²) in [4.78, 5) is 1.52. The van der Waals surface area contributed by atoms with E-state index < -0.39 is 0 Å². The molecule has 2 aromatic heterocycles. The molecule has 0 fully saturated rings. The van der Waals surface area contributed by atoms with E-state index in [-0.39, 0.29) is 0 Å². The van der Waals surface area contributed by atoms with Gasteiger partial charge in [0.1, 0.15) is 11.5 Å². The minimum absolute atomic E-state index is 0.487. The van der Waals surface area contributed by atoms with E-state index in [2.05, 4.69) is 20.7 Å². The predicted octanol–water partition coefficient (Wildman–Crippen LogP) is 3.22. The molecule has 0 aliphatic heterocycles. The maximum absolute atomic E-state index is 5.87. The number of benzene rings is 1. The number of aromatic nitrogens is 4. The number of hydrogen-bond acceptors (Lipinski definition) is 5. The Bertz CT molecular complexity index is 719. The van der Waals surface area contributed by atoms with Gasteiger partial charge in [-0.15, -0.1) is 5.10 Å². The molecule has 0 saturated heterocycles. The summed E-state index contributed by atoms with van der Waals surface area (Å²) < 4.78 is 5.78. The summed E-state index contributed by atoms with van der Waals surface area (Å²) in [5.41, 5.74) is 0.987. The van der Waals surface area contributed by atoms with Crippen molar-refractivity contribution >= 4 is 17.5 Å². The number of halogens is 1. The largest absolute Gasteiger partial charge is 0.459 e. The zero-order chi connectivity index (χ0) is 14.7. The highest BCUT2D eigenvalue weighted by atomic mass is 35.5. The second-order valence-electron chi connectivity index (χ2n) is 4.43. The van der Waals surface area contributed by atoms with Gasteiger partial charge in [-0.25, -0.2) is 0 Å². The van der Waals surface area contributed by atoms with Crippen molar-refractivity contribution < 1.29 is 4.42 Å². The lowest BCUT2D eigenvalue weighted by Gasteiger charge is -1.99. The van der Waals surface area contributed by atoms with Gasteiger partial charge < -0.3 is 9.73 Å². The molecule has 1 N–H and O–H groups in total. The van der Waals surface area contributed by atoms with Crippen LogP contribution in [0.5, 0.6) is 0 Å². The number of aryl methyl sites for hydroxylation is 1. The van der Waals surface area contributed by atoms with Crippen LogP contribution in [0.1, 0.15) is 12.7 Å². The number of hydrogen-bond donors (Lipinski definition) is 1. The van der Waals surface area contributed by atoms with Crippen molar-refractivity contribution in [3.63, 3.8) is 0 Å². The van der Waals surface area contributed by atoms with Crippen LogP contribution >= 0.6 is 11.6 Å². The monoisotopic (exact) mass is 303 g/mol. The number of tetrazole rings is 1. The van der Waals surface area contributed by atoms with Gasteiger partial charge >= 0.3 is 0 Å². The summed E-state index contributed by atoms with van der Waals surface area (Å²) in [6.07, 6.45) is 0. The van der Waals surface area contributed by atoms with Gasteiger partial charge in [0.15, 0.2) is 0 Å². The van der Waals surface area contributed by atoms with Gasteiger partial charge in [-0.05, 0) is 48.5 Å². The molecule has 3 rings (SSSR count). The number of nitrogens with one attached hydrogen (secondary N) is 1. The molecule has 0 aliphatic carbocycles. The third-order valence-electron chi connectivity index (χ3n) is 2.95. The fourth-order valence-electron chi connectivity index (χ4n) is 1.86. The molecule has 0 radical (unpaired) electrons. The van der Waals surface area contributed by atoms with Gasteiger partial charge in [-0.1, -0.05) is 16.7 Å². The van der Waals surface area contributed by atoms with E-state index in [4.69, 9.17) is 16.0 Å². The molecule has 1 aromatic carbocycles. The number of furan rings is 1. The van der Waals surface area contributed by atoms with Gasteiger partial charge in [-0.3, -0.25) is 0 Å². The van der Waals surface area contributed by atoms with E-state index in [1.165, 1.54) is 4.80 Å². The summed E-state index contributed by atoms with van der Waals surface area (Å²) >= 11 is 5.87. The molecule has 0 amide bonds. The van der Waals surface area contributed by atoms with Crippen molar-refractivity contribution in [2.45, 2.75) is 20.0 Å². The summed E-state index contributed by atoms with van der Waals surface area (Å²) in [6, 6.07) is 11.4. The zero-order valence-electron chi connectivity index (χ0n) is 11.5. The Morgan fingerprint density at radius 1 is 1.19 bits per heavy atom. The molecule has 0 bridgehead atoms. The van der Waals surface area contributed by atoms with Crippen LogP contribution in [0.15, 0.2) is 40.8 Å². The molecule has 0 saturated carbocycles. The maximum Gasteiger partial charge on any atom is 0.263 e. The smallest absolute Gasteiger partial charge is 0.263 e. The minimum Gasteiger partial charge on any atom is -0.459 e. The van der Waals surface area contributed by atoms with Gasteiger partial charge in [-0.2, -0.15) is 4.80 Å². The molecular formula is C14H14ClN5O. The van der Waals surface area contributed by atoms with Crippen molar-refractivity contribution in [2.75, 3.05) is 5.32 Å². The summed E-state index contributed by atoms with van der Waals surface area (Å²) in [5, 5.41) is 15.7. The Morgan fingerprint density at radius 2 is 2.00 bits per heavy atom. The third kappa shape index (κ3) is 3.22. The van der Waals surface area contributed by atoms with E-state index in [9.17, 15) is 0 Å². The van der Waals surface area contributed by atoms with Crippen molar-refractivity contribution in [3.8, 4) is 11.3 Å². The predicted molar refractivity (Wildman–Crippen MR) is 80.0 cm³/mol. The SMILES string of the molecule is CCn1nnc(NCc2ccc(-c3ccc(Cl)cc3)o2)n1. The van der Waals surface area contributed by atoms with Crippen LogP contribution in [0.25, 0.3) is 11.3 Å². The van der Waals surface area contributed by atoms with Crippen LogP contribution < -0.4 is 5.32 Å². The fourth-order valence-corrected chi connectivity index (χ4v) is 1.98. The summed E-state index contributed by atoms with van der Waals surface area (Å²) in [6.45, 7) is 3.15. The molecule has 3 aromatic rings. The van der Waals surface area contributed by atoms with Crippen LogP contribution in [0.4, 0.5) is 5.95 Å². The number of nitrogens with zero attached hydrogens (tertiary/aromatic N) is 4. The molecule has 108 valence electrons. The van der Waals surface area contributed by atoms with Crippen LogP contribution in [0, 0.1) is 0 Å². The van der Waals surface area contributed by atoms with Crippen molar-refractivity contribution in [1.82, 2.24) is 20.2 Å². The van der Waals surface area contributed by atoms with Gasteiger partial charge in [0.2, 0.25) is 0 Å². The van der Waals surface area contributed by atoms with Crippen LogP contribution in [-0.4, -0.2) is 20.2 Å². The fraction of sp³-hybridized carbons (Fsp3) is 0.214. The Kier molecular flexibility index (Phi) is 3.87. The molecule has 21 heavy (non-hydrogen) atoms. The third-order valence-corrected chi connectivity index (χ3v) is 3.20. The molecule has 6 nitrogen and oxygen atoms in total. The first-order valence-corrected chi connectivity index (χ1v) is 6.98. The Balaban J connectivity index is 1.66. The topological polar surface area (TPSA) is 68.8 Å². The first-order chi connectivity index (χ1) is 10.2. The van der Waals surface area contributed by atoms with E-state index in [1.54, 1.807) is 0 Å². The van der Waals surface area contributed by atoms with E-state index >= 15 is 0 Å². The average Bonchev–Trinajstić information content (AvgIpc) is 3.15. The maximum atomic E-state index is 5.87. The highest BCUT2D eigenvalue weighted by molar-refractivity contribution is 6.30.